The second-order valence-corrected chi connectivity index (χ2v) is 6.53. The Bertz CT molecular complexity index is 534. The monoisotopic (exact) mass is 260 g/mol. The molecular formula is C11H13FO4S. The van der Waals surface area contributed by atoms with Gasteiger partial charge in [0.05, 0.1) is 16.6 Å². The number of benzene rings is 1. The normalized spacial score (nSPS) is 11.8. The highest BCUT2D eigenvalue weighted by molar-refractivity contribution is 7.91. The van der Waals surface area contributed by atoms with Crippen molar-refractivity contribution in [2.45, 2.75) is 24.9 Å². The Labute approximate surface area is 99.0 Å². The molecule has 1 aromatic rings. The highest BCUT2D eigenvalue weighted by Gasteiger charge is 2.18. The van der Waals surface area contributed by atoms with Crippen molar-refractivity contribution in [2.75, 3.05) is 0 Å². The quantitative estimate of drug-likeness (QED) is 0.896. The van der Waals surface area contributed by atoms with Gasteiger partial charge >= 0.3 is 5.97 Å². The van der Waals surface area contributed by atoms with Crippen molar-refractivity contribution >= 4 is 15.8 Å². The molecule has 0 aliphatic carbocycles. The number of carbonyl (C=O) groups is 1. The molecule has 17 heavy (non-hydrogen) atoms. The molecule has 4 nitrogen and oxygen atoms in total. The van der Waals surface area contributed by atoms with Gasteiger partial charge in [-0.25, -0.2) is 17.6 Å². The van der Waals surface area contributed by atoms with Crippen molar-refractivity contribution in [3.63, 3.8) is 0 Å². The Morgan fingerprint density at radius 1 is 1.41 bits per heavy atom. The number of hydrogen-bond acceptors (Lipinski definition) is 3. The number of halogens is 1. The van der Waals surface area contributed by atoms with E-state index in [0.717, 1.165) is 12.1 Å². The van der Waals surface area contributed by atoms with E-state index in [1.165, 1.54) is 19.9 Å². The number of sulfone groups is 1. The molecule has 0 radical (unpaired) electrons. The summed E-state index contributed by atoms with van der Waals surface area (Å²) in [5, 5.41) is 8.15. The molecule has 0 bridgehead atoms. The van der Waals surface area contributed by atoms with E-state index in [4.69, 9.17) is 5.11 Å². The lowest BCUT2D eigenvalue weighted by molar-refractivity contribution is 0.0691. The number of hydrogen-bond donors (Lipinski definition) is 1. The van der Waals surface area contributed by atoms with Crippen LogP contribution < -0.4 is 0 Å². The van der Waals surface area contributed by atoms with Crippen molar-refractivity contribution < 1.29 is 22.7 Å². The fourth-order valence-electron chi connectivity index (χ4n) is 1.23. The van der Waals surface area contributed by atoms with Gasteiger partial charge in [0, 0.05) is 0 Å². The lowest BCUT2D eigenvalue weighted by Gasteiger charge is -2.08. The highest BCUT2D eigenvalue weighted by atomic mass is 32.2. The first-order chi connectivity index (χ1) is 7.74. The number of carboxylic acids is 1. The summed E-state index contributed by atoms with van der Waals surface area (Å²) in [6, 6.07) is 3.30. The van der Waals surface area contributed by atoms with E-state index >= 15 is 0 Å². The van der Waals surface area contributed by atoms with Gasteiger partial charge in [0.1, 0.15) is 5.82 Å². The predicted molar refractivity (Wildman–Crippen MR) is 61.1 cm³/mol. The average Bonchev–Trinajstić information content (AvgIpc) is 2.20. The topological polar surface area (TPSA) is 71.4 Å². The van der Waals surface area contributed by atoms with Crippen molar-refractivity contribution in [3.05, 3.63) is 35.1 Å². The molecule has 0 fully saturated rings. The van der Waals surface area contributed by atoms with Crippen LogP contribution in [-0.4, -0.2) is 24.7 Å². The fourth-order valence-corrected chi connectivity index (χ4v) is 2.20. The second kappa shape index (κ2) is 4.83. The molecule has 0 aromatic heterocycles. The van der Waals surface area contributed by atoms with Gasteiger partial charge in [-0.1, -0.05) is 6.07 Å². The summed E-state index contributed by atoms with van der Waals surface area (Å²) in [6.07, 6.45) is 0. The summed E-state index contributed by atoms with van der Waals surface area (Å²) >= 11 is 0. The summed E-state index contributed by atoms with van der Waals surface area (Å²) < 4.78 is 36.3. The largest absolute Gasteiger partial charge is 0.478 e. The zero-order valence-electron chi connectivity index (χ0n) is 9.47. The molecular weight excluding hydrogens is 247 g/mol. The van der Waals surface area contributed by atoms with Gasteiger partial charge in [-0.15, -0.1) is 0 Å². The van der Waals surface area contributed by atoms with Gasteiger partial charge in [-0.05, 0) is 31.5 Å². The molecule has 0 aliphatic rings. The molecule has 0 saturated carbocycles. The lowest BCUT2D eigenvalue weighted by Crippen LogP contribution is -2.16. The Morgan fingerprint density at radius 3 is 2.47 bits per heavy atom. The Balaban J connectivity index is 3.10. The Hall–Kier alpha value is -1.43. The zero-order chi connectivity index (χ0) is 13.2. The SMILES string of the molecule is CC(C)S(=O)(=O)Cc1ccc(F)c(C(=O)O)c1. The third-order valence-electron chi connectivity index (χ3n) is 2.35. The summed E-state index contributed by atoms with van der Waals surface area (Å²) in [5.41, 5.74) is -0.237. The van der Waals surface area contributed by atoms with Gasteiger partial charge in [0.25, 0.3) is 0 Å². The van der Waals surface area contributed by atoms with Gasteiger partial charge in [-0.2, -0.15) is 0 Å². The van der Waals surface area contributed by atoms with E-state index in [0.29, 0.717) is 0 Å². The van der Waals surface area contributed by atoms with Crippen molar-refractivity contribution in [1.29, 1.82) is 0 Å². The van der Waals surface area contributed by atoms with Crippen LogP contribution in [0.15, 0.2) is 18.2 Å². The summed E-state index contributed by atoms with van der Waals surface area (Å²) in [7, 11) is -3.32. The third kappa shape index (κ3) is 3.26. The maximum atomic E-state index is 13.1. The molecule has 1 rings (SSSR count). The van der Waals surface area contributed by atoms with Crippen LogP contribution in [0.1, 0.15) is 29.8 Å². The van der Waals surface area contributed by atoms with E-state index in [9.17, 15) is 17.6 Å². The summed E-state index contributed by atoms with van der Waals surface area (Å²) in [6.45, 7) is 3.08. The predicted octanol–water partition coefficient (Wildman–Crippen LogP) is 1.85. The van der Waals surface area contributed by atoms with Crippen LogP contribution in [-0.2, 0) is 15.6 Å². The maximum absolute atomic E-state index is 13.1. The first kappa shape index (κ1) is 13.6. The lowest BCUT2D eigenvalue weighted by atomic mass is 10.1. The van der Waals surface area contributed by atoms with Crippen molar-refractivity contribution in [2.24, 2.45) is 0 Å². The summed E-state index contributed by atoms with van der Waals surface area (Å²) in [5.74, 6) is -2.57. The minimum Gasteiger partial charge on any atom is -0.478 e. The first-order valence-corrected chi connectivity index (χ1v) is 6.69. The molecule has 0 heterocycles. The van der Waals surface area contributed by atoms with Crippen molar-refractivity contribution in [3.8, 4) is 0 Å². The standard InChI is InChI=1S/C11H13FO4S/c1-7(2)17(15,16)6-8-3-4-10(12)9(5-8)11(13)14/h3-5,7H,6H2,1-2H3,(H,13,14). The molecule has 0 saturated heterocycles. The van der Waals surface area contributed by atoms with E-state index in [1.54, 1.807) is 0 Å². The minimum atomic E-state index is -3.32. The number of rotatable bonds is 4. The Kier molecular flexibility index (Phi) is 3.87. The van der Waals surface area contributed by atoms with E-state index in [2.05, 4.69) is 0 Å². The molecule has 6 heteroatoms. The third-order valence-corrected chi connectivity index (χ3v) is 4.52. The van der Waals surface area contributed by atoms with Crippen LogP contribution in [0, 0.1) is 5.82 Å². The first-order valence-electron chi connectivity index (χ1n) is 4.97. The van der Waals surface area contributed by atoms with Crippen LogP contribution in [0.5, 0.6) is 0 Å². The molecule has 0 amide bonds. The second-order valence-electron chi connectivity index (χ2n) is 3.98. The molecule has 1 aromatic carbocycles. The van der Waals surface area contributed by atoms with Gasteiger partial charge in [0.15, 0.2) is 9.84 Å². The van der Waals surface area contributed by atoms with Crippen LogP contribution in [0.25, 0.3) is 0 Å². The van der Waals surface area contributed by atoms with E-state index in [1.807, 2.05) is 0 Å². The Morgan fingerprint density at radius 2 is 2.00 bits per heavy atom. The highest BCUT2D eigenvalue weighted by Crippen LogP contribution is 2.15. The molecule has 0 atom stereocenters. The number of carboxylic acid groups (broad SMARTS) is 1. The zero-order valence-corrected chi connectivity index (χ0v) is 10.3. The van der Waals surface area contributed by atoms with E-state index in [-0.39, 0.29) is 11.3 Å². The molecule has 0 unspecified atom stereocenters. The minimum absolute atomic E-state index is 0.275. The van der Waals surface area contributed by atoms with E-state index < -0.39 is 32.4 Å². The molecule has 0 spiro atoms. The van der Waals surface area contributed by atoms with Crippen LogP contribution in [0.4, 0.5) is 4.39 Å². The van der Waals surface area contributed by atoms with Gasteiger partial charge < -0.3 is 5.11 Å². The van der Waals surface area contributed by atoms with Crippen LogP contribution >= 0.6 is 0 Å². The molecule has 94 valence electrons. The average molecular weight is 260 g/mol. The van der Waals surface area contributed by atoms with Crippen molar-refractivity contribution in [1.82, 2.24) is 0 Å². The van der Waals surface area contributed by atoms with Crippen LogP contribution in [0.2, 0.25) is 0 Å². The maximum Gasteiger partial charge on any atom is 0.338 e. The summed E-state index contributed by atoms with van der Waals surface area (Å²) in [4.78, 5) is 10.7. The molecule has 1 N–H and O–H groups in total. The van der Waals surface area contributed by atoms with Gasteiger partial charge in [0.2, 0.25) is 0 Å². The fraction of sp³-hybridized carbons (Fsp3) is 0.364. The molecule has 0 aliphatic heterocycles. The van der Waals surface area contributed by atoms with Crippen LogP contribution in [0.3, 0.4) is 0 Å². The number of aromatic carboxylic acids is 1. The van der Waals surface area contributed by atoms with Gasteiger partial charge in [-0.3, -0.25) is 0 Å². The smallest absolute Gasteiger partial charge is 0.338 e.